The van der Waals surface area contributed by atoms with Crippen molar-refractivity contribution in [2.24, 2.45) is 0 Å². The molecule has 1 aromatic carbocycles. The van der Waals surface area contributed by atoms with Gasteiger partial charge in [0.2, 0.25) is 6.41 Å². The maximum absolute atomic E-state index is 10.6. The van der Waals surface area contributed by atoms with E-state index in [0.29, 0.717) is 5.56 Å². The molecule has 1 aromatic heterocycles. The zero-order valence-corrected chi connectivity index (χ0v) is 6.81. The van der Waals surface area contributed by atoms with Crippen molar-refractivity contribution in [2.75, 3.05) is 0 Å². The average molecular weight is 173 g/mol. The van der Waals surface area contributed by atoms with E-state index in [-0.39, 0.29) is 0 Å². The van der Waals surface area contributed by atoms with Gasteiger partial charge < -0.3 is 0 Å². The highest BCUT2D eigenvalue weighted by Crippen LogP contribution is 2.17. The Morgan fingerprint density at radius 1 is 1.15 bits per heavy atom. The van der Waals surface area contributed by atoms with Crippen molar-refractivity contribution >= 4 is 23.6 Å². The van der Waals surface area contributed by atoms with Crippen LogP contribution in [-0.2, 0) is 4.79 Å². The van der Waals surface area contributed by atoms with Gasteiger partial charge in [-0.1, -0.05) is 12.1 Å². The first kappa shape index (κ1) is 7.73. The van der Waals surface area contributed by atoms with E-state index in [9.17, 15) is 9.59 Å². The van der Waals surface area contributed by atoms with Crippen molar-refractivity contribution in [3.63, 3.8) is 0 Å². The Balaban J connectivity index is 2.86. The Bertz CT molecular complexity index is 471. The number of benzene rings is 1. The van der Waals surface area contributed by atoms with E-state index in [4.69, 9.17) is 0 Å². The van der Waals surface area contributed by atoms with Crippen LogP contribution < -0.4 is 0 Å². The molecule has 0 spiro atoms. The summed E-state index contributed by atoms with van der Waals surface area (Å²) in [5.74, 6) is 0. The van der Waals surface area contributed by atoms with Crippen LogP contribution in [0, 0.1) is 0 Å². The predicted molar refractivity (Wildman–Crippen MR) is 49.5 cm³/mol. The first-order valence-electron chi connectivity index (χ1n) is 3.87. The highest BCUT2D eigenvalue weighted by atomic mass is 16.1. The van der Waals surface area contributed by atoms with E-state index in [1.807, 2.05) is 0 Å². The van der Waals surface area contributed by atoms with E-state index in [1.165, 1.54) is 4.57 Å². The monoisotopic (exact) mass is 173 g/mol. The zero-order chi connectivity index (χ0) is 9.26. The van der Waals surface area contributed by atoms with Crippen molar-refractivity contribution < 1.29 is 9.59 Å². The summed E-state index contributed by atoms with van der Waals surface area (Å²) in [4.78, 5) is 21.2. The molecule has 0 saturated carbocycles. The van der Waals surface area contributed by atoms with Crippen LogP contribution in [-0.4, -0.2) is 17.3 Å². The predicted octanol–water partition coefficient (Wildman–Crippen LogP) is 1.49. The second kappa shape index (κ2) is 2.86. The van der Waals surface area contributed by atoms with Gasteiger partial charge >= 0.3 is 0 Å². The van der Waals surface area contributed by atoms with Gasteiger partial charge in [-0.2, -0.15) is 0 Å². The Labute approximate surface area is 74.6 Å². The molecule has 3 nitrogen and oxygen atoms in total. The summed E-state index contributed by atoms with van der Waals surface area (Å²) in [5.41, 5.74) is 1.37. The fraction of sp³-hybridized carbons (Fsp3) is 0. The smallest absolute Gasteiger partial charge is 0.218 e. The Morgan fingerprint density at radius 2 is 2.00 bits per heavy atom. The van der Waals surface area contributed by atoms with Gasteiger partial charge in [0.15, 0.2) is 6.29 Å². The van der Waals surface area contributed by atoms with Crippen molar-refractivity contribution in [1.82, 2.24) is 4.57 Å². The quantitative estimate of drug-likeness (QED) is 0.645. The number of hydrogen-bond acceptors (Lipinski definition) is 2. The van der Waals surface area contributed by atoms with Crippen LogP contribution in [0.5, 0.6) is 0 Å². The number of aromatic nitrogens is 1. The van der Waals surface area contributed by atoms with Gasteiger partial charge in [0.1, 0.15) is 0 Å². The zero-order valence-electron chi connectivity index (χ0n) is 6.81. The lowest BCUT2D eigenvalue weighted by Crippen LogP contribution is -1.91. The maximum Gasteiger partial charge on any atom is 0.218 e. The molecule has 0 aliphatic rings. The molecule has 13 heavy (non-hydrogen) atoms. The molecule has 0 fully saturated rings. The summed E-state index contributed by atoms with van der Waals surface area (Å²) in [6.45, 7) is 0. The fourth-order valence-electron chi connectivity index (χ4n) is 1.41. The third-order valence-corrected chi connectivity index (χ3v) is 2.04. The molecule has 0 aliphatic heterocycles. The second-order valence-corrected chi connectivity index (χ2v) is 2.73. The molecule has 1 heterocycles. The number of fused-ring (bicyclic) bond motifs is 1. The molecule has 0 unspecified atom stereocenters. The number of carbonyl (C=O) groups is 2. The third-order valence-electron chi connectivity index (χ3n) is 2.04. The van der Waals surface area contributed by atoms with Crippen LogP contribution in [0.1, 0.15) is 10.4 Å². The Kier molecular flexibility index (Phi) is 1.70. The lowest BCUT2D eigenvalue weighted by atomic mass is 10.1. The lowest BCUT2D eigenvalue weighted by molar-refractivity contribution is 0.112. The molecule has 64 valence electrons. The highest BCUT2D eigenvalue weighted by molar-refractivity contribution is 5.98. The van der Waals surface area contributed by atoms with Crippen LogP contribution in [0.2, 0.25) is 0 Å². The van der Waals surface area contributed by atoms with Crippen molar-refractivity contribution in [3.05, 3.63) is 36.0 Å². The van der Waals surface area contributed by atoms with Gasteiger partial charge in [-0.3, -0.25) is 14.2 Å². The molecular weight excluding hydrogens is 166 g/mol. The van der Waals surface area contributed by atoms with Crippen LogP contribution in [0.4, 0.5) is 0 Å². The van der Waals surface area contributed by atoms with Crippen molar-refractivity contribution in [1.29, 1.82) is 0 Å². The molecule has 2 rings (SSSR count). The minimum atomic E-state index is 0.609. The number of rotatable bonds is 2. The van der Waals surface area contributed by atoms with E-state index < -0.39 is 0 Å². The molecule has 0 amide bonds. The van der Waals surface area contributed by atoms with Crippen LogP contribution in [0.3, 0.4) is 0 Å². The molecule has 0 radical (unpaired) electrons. The van der Waals surface area contributed by atoms with E-state index in [1.54, 1.807) is 30.5 Å². The SMILES string of the molecule is O=Cc1cccc2c1ccn2C=O. The normalized spacial score (nSPS) is 10.2. The maximum atomic E-state index is 10.6. The number of aldehydes is 1. The molecule has 0 bridgehead atoms. The van der Waals surface area contributed by atoms with Crippen LogP contribution in [0.15, 0.2) is 30.5 Å². The largest absolute Gasteiger partial charge is 0.298 e. The van der Waals surface area contributed by atoms with Gasteiger partial charge in [-0.05, 0) is 12.1 Å². The van der Waals surface area contributed by atoms with Gasteiger partial charge in [0, 0.05) is 17.1 Å². The van der Waals surface area contributed by atoms with E-state index >= 15 is 0 Å². The molecule has 0 N–H and O–H groups in total. The molecule has 3 heteroatoms. The van der Waals surface area contributed by atoms with Gasteiger partial charge in [-0.25, -0.2) is 0 Å². The summed E-state index contributed by atoms with van der Waals surface area (Å²) in [5, 5.41) is 0.810. The minimum absolute atomic E-state index is 0.609. The van der Waals surface area contributed by atoms with Crippen LogP contribution >= 0.6 is 0 Å². The van der Waals surface area contributed by atoms with E-state index in [2.05, 4.69) is 0 Å². The summed E-state index contributed by atoms with van der Waals surface area (Å²) in [7, 11) is 0. The highest BCUT2D eigenvalue weighted by Gasteiger charge is 2.02. The van der Waals surface area contributed by atoms with Gasteiger partial charge in [-0.15, -0.1) is 0 Å². The number of hydrogen-bond donors (Lipinski definition) is 0. The summed E-state index contributed by atoms with van der Waals surface area (Å²) in [6.07, 6.45) is 3.15. The molecule has 0 aliphatic carbocycles. The molecular formula is C10H7NO2. The number of nitrogens with zero attached hydrogens (tertiary/aromatic N) is 1. The number of carbonyl (C=O) groups excluding carboxylic acids is 2. The molecule has 0 atom stereocenters. The van der Waals surface area contributed by atoms with Crippen molar-refractivity contribution in [2.45, 2.75) is 0 Å². The van der Waals surface area contributed by atoms with Gasteiger partial charge in [0.05, 0.1) is 5.52 Å². The summed E-state index contributed by atoms with van der Waals surface area (Å²) < 4.78 is 1.45. The van der Waals surface area contributed by atoms with Gasteiger partial charge in [0.25, 0.3) is 0 Å². The first-order valence-corrected chi connectivity index (χ1v) is 3.87. The molecule has 2 aromatic rings. The second-order valence-electron chi connectivity index (χ2n) is 2.73. The van der Waals surface area contributed by atoms with Crippen LogP contribution in [0.25, 0.3) is 10.9 Å². The first-order chi connectivity index (χ1) is 6.36. The van der Waals surface area contributed by atoms with Crippen molar-refractivity contribution in [3.8, 4) is 0 Å². The third kappa shape index (κ3) is 1.05. The lowest BCUT2D eigenvalue weighted by Gasteiger charge is -1.95. The standard InChI is InChI=1S/C10H7NO2/c12-6-8-2-1-3-10-9(8)4-5-11(10)7-13/h1-7H. The Morgan fingerprint density at radius 3 is 2.69 bits per heavy atom. The molecule has 0 saturated heterocycles. The van der Waals surface area contributed by atoms with E-state index in [0.717, 1.165) is 23.6 Å². The fourth-order valence-corrected chi connectivity index (χ4v) is 1.41. The Hall–Kier alpha value is -1.90. The minimum Gasteiger partial charge on any atom is -0.298 e. The average Bonchev–Trinajstić information content (AvgIpc) is 2.60. The summed E-state index contributed by atoms with van der Waals surface area (Å²) >= 11 is 0. The topological polar surface area (TPSA) is 39.1 Å². The summed E-state index contributed by atoms with van der Waals surface area (Å²) in [6, 6.07) is 7.04.